The standard InChI is InChI=1S/C3H3N3/c1-4-2-6-3-5-1/h1-3H/p+2. The molecule has 1 rings (SSSR count). The van der Waals surface area contributed by atoms with Crippen molar-refractivity contribution in [2.24, 2.45) is 0 Å². The van der Waals surface area contributed by atoms with Crippen molar-refractivity contribution in [2.75, 3.05) is 0 Å². The van der Waals surface area contributed by atoms with E-state index in [4.69, 9.17) is 0 Å². The highest BCUT2D eigenvalue weighted by atomic mass is 14.9. The number of rotatable bonds is 0. The quantitative estimate of drug-likeness (QED) is 0.384. The molecule has 0 fully saturated rings. The lowest BCUT2D eigenvalue weighted by atomic mass is 11.1. The highest BCUT2D eigenvalue weighted by Gasteiger charge is 1.77. The largest absolute Gasteiger partial charge is 0.355 e. The molecule has 0 saturated carbocycles. The maximum atomic E-state index is 3.67. The molecule has 0 amide bonds. The average molecular weight is 83.1 g/mol. The Morgan fingerprint density at radius 1 is 1.17 bits per heavy atom. The van der Waals surface area contributed by atoms with Gasteiger partial charge in [-0.15, -0.1) is 0 Å². The van der Waals surface area contributed by atoms with Gasteiger partial charge in [-0.1, -0.05) is 0 Å². The average Bonchev–Trinajstić information content (AvgIpc) is 1.72. The highest BCUT2D eigenvalue weighted by Crippen LogP contribution is 1.40. The Balaban J connectivity index is 3.00. The number of hydrogen-bond acceptors (Lipinski definition) is 1. The Morgan fingerprint density at radius 2 is 1.83 bits per heavy atom. The van der Waals surface area contributed by atoms with Gasteiger partial charge in [0.05, 0.1) is 4.98 Å². The van der Waals surface area contributed by atoms with Crippen molar-refractivity contribution in [2.45, 2.75) is 0 Å². The van der Waals surface area contributed by atoms with E-state index < -0.39 is 0 Å². The van der Waals surface area contributed by atoms with Crippen molar-refractivity contribution in [3.63, 3.8) is 0 Å². The lowest BCUT2D eigenvalue weighted by molar-refractivity contribution is -0.538. The predicted molar refractivity (Wildman–Crippen MR) is 17.3 cm³/mol. The zero-order valence-electron chi connectivity index (χ0n) is 3.18. The summed E-state index contributed by atoms with van der Waals surface area (Å²) < 4.78 is 0. The molecule has 0 bridgehead atoms. The number of H-pyrrole nitrogens is 2. The van der Waals surface area contributed by atoms with Gasteiger partial charge in [0.2, 0.25) is 0 Å². The molecule has 0 radical (unpaired) electrons. The molecular weight excluding hydrogens is 78.1 g/mol. The van der Waals surface area contributed by atoms with E-state index in [0.29, 0.717) is 0 Å². The summed E-state index contributed by atoms with van der Waals surface area (Å²) in [4.78, 5) is 9.12. The molecule has 30 valence electrons. The molecule has 0 atom stereocenters. The van der Waals surface area contributed by atoms with E-state index in [-0.39, 0.29) is 0 Å². The predicted octanol–water partition coefficient (Wildman–Crippen LogP) is -1.29. The highest BCUT2D eigenvalue weighted by molar-refractivity contribution is 4.25. The number of aromatic nitrogens is 3. The Kier molecular flexibility index (Phi) is 0.774. The van der Waals surface area contributed by atoms with Crippen LogP contribution < -0.4 is 9.97 Å². The first kappa shape index (κ1) is 3.21. The second-order valence-electron chi connectivity index (χ2n) is 0.885. The van der Waals surface area contributed by atoms with Crippen LogP contribution in [0.4, 0.5) is 0 Å². The monoisotopic (exact) mass is 83.0 g/mol. The van der Waals surface area contributed by atoms with Crippen LogP contribution in [0.25, 0.3) is 0 Å². The van der Waals surface area contributed by atoms with Crippen molar-refractivity contribution in [1.82, 2.24) is 4.98 Å². The SMILES string of the molecule is c1nc[nH+]c[nH+]1. The van der Waals surface area contributed by atoms with E-state index in [0.717, 1.165) is 0 Å². The van der Waals surface area contributed by atoms with Gasteiger partial charge < -0.3 is 0 Å². The fourth-order valence-corrected chi connectivity index (χ4v) is 0.246. The topological polar surface area (TPSA) is 41.2 Å². The lowest BCUT2D eigenvalue weighted by Gasteiger charge is -1.53. The summed E-state index contributed by atoms with van der Waals surface area (Å²) in [5.74, 6) is 0. The van der Waals surface area contributed by atoms with Gasteiger partial charge in [0.15, 0.2) is 0 Å². The second-order valence-corrected chi connectivity index (χ2v) is 0.885. The van der Waals surface area contributed by atoms with E-state index in [1.807, 2.05) is 0 Å². The van der Waals surface area contributed by atoms with Crippen LogP contribution in [-0.2, 0) is 0 Å². The Morgan fingerprint density at radius 3 is 2.00 bits per heavy atom. The van der Waals surface area contributed by atoms with E-state index in [1.165, 1.54) is 0 Å². The van der Waals surface area contributed by atoms with Gasteiger partial charge in [-0.2, -0.15) is 9.97 Å². The molecule has 0 aliphatic heterocycles. The summed E-state index contributed by atoms with van der Waals surface area (Å²) in [6.45, 7) is 0. The van der Waals surface area contributed by atoms with Crippen molar-refractivity contribution in [3.05, 3.63) is 19.0 Å². The summed E-state index contributed by atoms with van der Waals surface area (Å²) in [7, 11) is 0. The zero-order valence-corrected chi connectivity index (χ0v) is 3.18. The Bertz CT molecular complexity index is 78.0. The third-order valence-corrected chi connectivity index (χ3v) is 0.465. The van der Waals surface area contributed by atoms with Gasteiger partial charge in [0, 0.05) is 0 Å². The van der Waals surface area contributed by atoms with Gasteiger partial charge >= 0.3 is 19.0 Å². The molecule has 0 aliphatic carbocycles. The van der Waals surface area contributed by atoms with Crippen LogP contribution in [0.3, 0.4) is 0 Å². The summed E-state index contributed by atoms with van der Waals surface area (Å²) >= 11 is 0. The van der Waals surface area contributed by atoms with E-state index >= 15 is 0 Å². The van der Waals surface area contributed by atoms with Gasteiger partial charge in [0.25, 0.3) is 0 Å². The van der Waals surface area contributed by atoms with Gasteiger partial charge in [-0.3, -0.25) is 0 Å². The zero-order chi connectivity index (χ0) is 4.24. The molecule has 1 aromatic rings. The van der Waals surface area contributed by atoms with Gasteiger partial charge in [0.1, 0.15) is 0 Å². The van der Waals surface area contributed by atoms with E-state index in [9.17, 15) is 0 Å². The van der Waals surface area contributed by atoms with Crippen LogP contribution in [0.15, 0.2) is 19.0 Å². The molecule has 1 heterocycles. The molecule has 0 unspecified atom stereocenters. The normalized spacial score (nSPS) is 8.00. The molecule has 0 spiro atoms. The van der Waals surface area contributed by atoms with Crippen molar-refractivity contribution < 1.29 is 9.97 Å². The fourth-order valence-electron chi connectivity index (χ4n) is 0.246. The Hall–Kier alpha value is -0.990. The number of aromatic amines is 2. The smallest absolute Gasteiger partial charge is 0.176 e. The fraction of sp³-hybridized carbons (Fsp3) is 0. The summed E-state index contributed by atoms with van der Waals surface area (Å²) in [5.41, 5.74) is 0. The molecule has 3 heteroatoms. The summed E-state index contributed by atoms with van der Waals surface area (Å²) in [5, 5.41) is 0. The first-order chi connectivity index (χ1) is 3.00. The van der Waals surface area contributed by atoms with E-state index in [2.05, 4.69) is 15.0 Å². The van der Waals surface area contributed by atoms with Crippen LogP contribution in [0, 0.1) is 0 Å². The third kappa shape index (κ3) is 0.484. The van der Waals surface area contributed by atoms with Crippen LogP contribution in [0.5, 0.6) is 0 Å². The maximum absolute atomic E-state index is 3.67. The minimum Gasteiger partial charge on any atom is -0.176 e. The summed E-state index contributed by atoms with van der Waals surface area (Å²) in [6.07, 6.45) is 4.88. The number of hydrogen-bond donors (Lipinski definition) is 0. The molecule has 1 aromatic heterocycles. The van der Waals surface area contributed by atoms with Crippen molar-refractivity contribution >= 4 is 0 Å². The van der Waals surface area contributed by atoms with Crippen molar-refractivity contribution in [1.29, 1.82) is 0 Å². The van der Waals surface area contributed by atoms with Gasteiger partial charge in [-0.05, 0) is 0 Å². The van der Waals surface area contributed by atoms with Crippen LogP contribution >= 0.6 is 0 Å². The first-order valence-electron chi connectivity index (χ1n) is 1.67. The second kappa shape index (κ2) is 1.45. The third-order valence-electron chi connectivity index (χ3n) is 0.465. The molecule has 6 heavy (non-hydrogen) atoms. The molecule has 0 saturated heterocycles. The molecule has 2 N–H and O–H groups in total. The molecule has 3 nitrogen and oxygen atoms in total. The van der Waals surface area contributed by atoms with Crippen molar-refractivity contribution in [3.8, 4) is 0 Å². The first-order valence-corrected chi connectivity index (χ1v) is 1.67. The minimum atomic E-state index is 1.59. The number of nitrogens with one attached hydrogen (secondary N) is 2. The maximum Gasteiger partial charge on any atom is 0.355 e. The van der Waals surface area contributed by atoms with Crippen LogP contribution in [-0.4, -0.2) is 4.98 Å². The van der Waals surface area contributed by atoms with Gasteiger partial charge in [-0.25, -0.2) is 0 Å². The van der Waals surface area contributed by atoms with E-state index in [1.54, 1.807) is 19.0 Å². The van der Waals surface area contributed by atoms with Crippen LogP contribution in [0.1, 0.15) is 0 Å². The Labute approximate surface area is 35.1 Å². The molecular formula is C3H5N3+2. The van der Waals surface area contributed by atoms with Crippen LogP contribution in [0.2, 0.25) is 0 Å². The number of nitrogens with zero attached hydrogens (tertiary/aromatic N) is 1. The minimum absolute atomic E-state index is 1.59. The lowest BCUT2D eigenvalue weighted by Crippen LogP contribution is -2.13. The molecule has 0 aromatic carbocycles. The molecule has 0 aliphatic rings. The summed E-state index contributed by atoms with van der Waals surface area (Å²) in [6, 6.07) is 0.